The molecule has 1 unspecified atom stereocenters. The monoisotopic (exact) mass is 324 g/mol. The Morgan fingerprint density at radius 3 is 2.42 bits per heavy atom. The van der Waals surface area contributed by atoms with Gasteiger partial charge in [0.1, 0.15) is 5.60 Å². The SMILES string of the molecule is COc1ccc(C(C)(O)c2cccc(Br)c2)cc1F. The van der Waals surface area contributed by atoms with E-state index < -0.39 is 11.4 Å². The van der Waals surface area contributed by atoms with E-state index in [4.69, 9.17) is 4.74 Å². The predicted octanol–water partition coefficient (Wildman–Crippen LogP) is 3.85. The number of hydrogen-bond donors (Lipinski definition) is 1. The van der Waals surface area contributed by atoms with Crippen LogP contribution in [-0.2, 0) is 5.60 Å². The zero-order chi connectivity index (χ0) is 14.0. The molecular formula is C15H14BrFO2. The number of rotatable bonds is 3. The Labute approximate surface area is 120 Å². The average Bonchev–Trinajstić information content (AvgIpc) is 2.38. The molecule has 0 saturated carbocycles. The van der Waals surface area contributed by atoms with Crippen molar-refractivity contribution >= 4 is 15.9 Å². The van der Waals surface area contributed by atoms with Gasteiger partial charge in [-0.15, -0.1) is 0 Å². The van der Waals surface area contributed by atoms with Crippen LogP contribution in [-0.4, -0.2) is 12.2 Å². The fraction of sp³-hybridized carbons (Fsp3) is 0.200. The molecule has 0 fully saturated rings. The maximum atomic E-state index is 13.7. The minimum atomic E-state index is -1.27. The molecule has 0 spiro atoms. The van der Waals surface area contributed by atoms with Gasteiger partial charge in [-0.1, -0.05) is 34.1 Å². The van der Waals surface area contributed by atoms with Crippen LogP contribution in [0.4, 0.5) is 4.39 Å². The second-order valence-electron chi connectivity index (χ2n) is 4.43. The van der Waals surface area contributed by atoms with Crippen LogP contribution in [0.5, 0.6) is 5.75 Å². The predicted molar refractivity (Wildman–Crippen MR) is 75.8 cm³/mol. The van der Waals surface area contributed by atoms with Crippen molar-refractivity contribution < 1.29 is 14.2 Å². The molecule has 1 N–H and O–H groups in total. The molecule has 0 saturated heterocycles. The van der Waals surface area contributed by atoms with Crippen molar-refractivity contribution in [3.63, 3.8) is 0 Å². The van der Waals surface area contributed by atoms with Crippen molar-refractivity contribution in [2.45, 2.75) is 12.5 Å². The Kier molecular flexibility index (Phi) is 3.92. The van der Waals surface area contributed by atoms with Crippen LogP contribution >= 0.6 is 15.9 Å². The standard InChI is InChI=1S/C15H14BrFO2/c1-15(18,10-4-3-5-12(16)8-10)11-6-7-14(19-2)13(17)9-11/h3-9,18H,1-2H3. The van der Waals surface area contributed by atoms with Gasteiger partial charge in [-0.2, -0.15) is 0 Å². The maximum Gasteiger partial charge on any atom is 0.165 e. The smallest absolute Gasteiger partial charge is 0.165 e. The van der Waals surface area contributed by atoms with Gasteiger partial charge in [0, 0.05) is 4.47 Å². The lowest BCUT2D eigenvalue weighted by Crippen LogP contribution is -2.23. The summed E-state index contributed by atoms with van der Waals surface area (Å²) in [5.74, 6) is -0.330. The summed E-state index contributed by atoms with van der Waals surface area (Å²) in [5.41, 5.74) is -0.105. The molecule has 0 bridgehead atoms. The first-order chi connectivity index (χ1) is 8.95. The molecule has 2 aromatic carbocycles. The third kappa shape index (κ3) is 2.80. The molecule has 2 nitrogen and oxygen atoms in total. The highest BCUT2D eigenvalue weighted by atomic mass is 79.9. The van der Waals surface area contributed by atoms with Gasteiger partial charge in [0.25, 0.3) is 0 Å². The lowest BCUT2D eigenvalue weighted by molar-refractivity contribution is 0.102. The molecule has 0 aliphatic heterocycles. The summed E-state index contributed by atoms with van der Waals surface area (Å²) in [4.78, 5) is 0. The summed E-state index contributed by atoms with van der Waals surface area (Å²) in [6, 6.07) is 11.8. The van der Waals surface area contributed by atoms with Gasteiger partial charge in [0.15, 0.2) is 11.6 Å². The molecule has 0 aliphatic rings. The fourth-order valence-electron chi connectivity index (χ4n) is 1.93. The topological polar surface area (TPSA) is 29.5 Å². The molecule has 2 rings (SSSR count). The van der Waals surface area contributed by atoms with Gasteiger partial charge in [0.05, 0.1) is 7.11 Å². The minimum Gasteiger partial charge on any atom is -0.494 e. The highest BCUT2D eigenvalue weighted by molar-refractivity contribution is 9.10. The lowest BCUT2D eigenvalue weighted by atomic mass is 9.88. The van der Waals surface area contributed by atoms with Crippen LogP contribution in [0.1, 0.15) is 18.1 Å². The molecule has 0 aliphatic carbocycles. The zero-order valence-corrected chi connectivity index (χ0v) is 12.2. The molecule has 0 radical (unpaired) electrons. The van der Waals surface area contributed by atoms with E-state index in [1.165, 1.54) is 19.2 Å². The van der Waals surface area contributed by atoms with E-state index in [-0.39, 0.29) is 5.75 Å². The Hall–Kier alpha value is -1.39. The average molecular weight is 325 g/mol. The second kappa shape index (κ2) is 5.31. The summed E-state index contributed by atoms with van der Waals surface area (Å²) < 4.78 is 19.5. The van der Waals surface area contributed by atoms with E-state index in [1.54, 1.807) is 19.1 Å². The second-order valence-corrected chi connectivity index (χ2v) is 5.35. The summed E-state index contributed by atoms with van der Waals surface area (Å²) in [6.07, 6.45) is 0. The normalized spacial score (nSPS) is 13.9. The highest BCUT2D eigenvalue weighted by Crippen LogP contribution is 2.32. The van der Waals surface area contributed by atoms with Crippen molar-refractivity contribution in [1.29, 1.82) is 0 Å². The number of halogens is 2. The largest absolute Gasteiger partial charge is 0.494 e. The van der Waals surface area contributed by atoms with Crippen LogP contribution in [0.2, 0.25) is 0 Å². The number of aliphatic hydroxyl groups is 1. The van der Waals surface area contributed by atoms with Gasteiger partial charge in [0.2, 0.25) is 0 Å². The quantitative estimate of drug-likeness (QED) is 0.929. The Morgan fingerprint density at radius 1 is 1.16 bits per heavy atom. The van der Waals surface area contributed by atoms with Crippen molar-refractivity contribution in [2.75, 3.05) is 7.11 Å². The zero-order valence-electron chi connectivity index (χ0n) is 10.7. The summed E-state index contributed by atoms with van der Waals surface area (Å²) >= 11 is 3.36. The fourth-order valence-corrected chi connectivity index (χ4v) is 2.33. The number of ether oxygens (including phenoxy) is 1. The van der Waals surface area contributed by atoms with Crippen LogP contribution in [0.25, 0.3) is 0 Å². The van der Waals surface area contributed by atoms with E-state index >= 15 is 0 Å². The van der Waals surface area contributed by atoms with E-state index in [1.807, 2.05) is 18.2 Å². The molecule has 0 aromatic heterocycles. The van der Waals surface area contributed by atoms with Crippen molar-refractivity contribution in [2.24, 2.45) is 0 Å². The van der Waals surface area contributed by atoms with Gasteiger partial charge in [-0.3, -0.25) is 0 Å². The first kappa shape index (κ1) is 14.0. The minimum absolute atomic E-state index is 0.161. The van der Waals surface area contributed by atoms with E-state index in [2.05, 4.69) is 15.9 Å². The molecule has 0 amide bonds. The molecule has 2 aromatic rings. The summed E-state index contributed by atoms with van der Waals surface area (Å²) in [5, 5.41) is 10.6. The maximum absolute atomic E-state index is 13.7. The van der Waals surface area contributed by atoms with Crippen molar-refractivity contribution in [3.05, 3.63) is 63.9 Å². The van der Waals surface area contributed by atoms with E-state index in [0.29, 0.717) is 11.1 Å². The van der Waals surface area contributed by atoms with E-state index in [0.717, 1.165) is 4.47 Å². The highest BCUT2D eigenvalue weighted by Gasteiger charge is 2.26. The van der Waals surface area contributed by atoms with Crippen LogP contribution in [0.3, 0.4) is 0 Å². The van der Waals surface area contributed by atoms with Gasteiger partial charge in [-0.25, -0.2) is 4.39 Å². The van der Waals surface area contributed by atoms with Crippen LogP contribution in [0.15, 0.2) is 46.9 Å². The molecule has 4 heteroatoms. The summed E-state index contributed by atoms with van der Waals surface area (Å²) in [6.45, 7) is 1.63. The molecule has 100 valence electrons. The number of hydrogen-bond acceptors (Lipinski definition) is 2. The third-order valence-electron chi connectivity index (χ3n) is 3.10. The third-order valence-corrected chi connectivity index (χ3v) is 3.59. The summed E-state index contributed by atoms with van der Waals surface area (Å²) in [7, 11) is 1.41. The molecule has 19 heavy (non-hydrogen) atoms. The van der Waals surface area contributed by atoms with Crippen molar-refractivity contribution in [1.82, 2.24) is 0 Å². The van der Waals surface area contributed by atoms with Gasteiger partial charge in [-0.05, 0) is 42.3 Å². The molecular weight excluding hydrogens is 311 g/mol. The first-order valence-electron chi connectivity index (χ1n) is 5.77. The van der Waals surface area contributed by atoms with Crippen LogP contribution in [0, 0.1) is 5.82 Å². The van der Waals surface area contributed by atoms with Gasteiger partial charge >= 0.3 is 0 Å². The molecule has 1 atom stereocenters. The van der Waals surface area contributed by atoms with E-state index in [9.17, 15) is 9.50 Å². The van der Waals surface area contributed by atoms with Gasteiger partial charge < -0.3 is 9.84 Å². The Morgan fingerprint density at radius 2 is 1.84 bits per heavy atom. The van der Waals surface area contributed by atoms with Crippen molar-refractivity contribution in [3.8, 4) is 5.75 Å². The molecule has 0 heterocycles. The Bertz CT molecular complexity index is 596. The first-order valence-corrected chi connectivity index (χ1v) is 6.57. The number of benzene rings is 2. The number of methoxy groups -OCH3 is 1. The lowest BCUT2D eigenvalue weighted by Gasteiger charge is -2.25. The van der Waals surface area contributed by atoms with Crippen LogP contribution < -0.4 is 4.74 Å². The Balaban J connectivity index is 2.47.